The molecule has 0 radical (unpaired) electrons. The fraction of sp³-hybridized carbons (Fsp3) is 0.438. The van der Waals surface area contributed by atoms with Gasteiger partial charge in [0.15, 0.2) is 0 Å². The van der Waals surface area contributed by atoms with Crippen LogP contribution in [-0.2, 0) is 0 Å². The molecule has 0 bridgehead atoms. The third-order valence-corrected chi connectivity index (χ3v) is 4.48. The maximum absolute atomic E-state index is 13.6. The van der Waals surface area contributed by atoms with Crippen LogP contribution < -0.4 is 5.32 Å². The van der Waals surface area contributed by atoms with Gasteiger partial charge < -0.3 is 5.32 Å². The molecule has 0 aliphatic rings. The lowest BCUT2D eigenvalue weighted by molar-refractivity contribution is 0.521. The molecule has 4 heteroatoms. The van der Waals surface area contributed by atoms with Crippen LogP contribution in [0.1, 0.15) is 46.6 Å². The van der Waals surface area contributed by atoms with Crippen LogP contribution in [0.5, 0.6) is 0 Å². The first-order valence-corrected chi connectivity index (χ1v) is 7.66. The number of halogens is 1. The van der Waals surface area contributed by atoms with E-state index in [1.165, 1.54) is 10.9 Å². The molecule has 1 heterocycles. The Morgan fingerprint density at radius 2 is 1.90 bits per heavy atom. The fourth-order valence-electron chi connectivity index (χ4n) is 2.17. The monoisotopic (exact) mass is 292 g/mol. The van der Waals surface area contributed by atoms with Crippen LogP contribution in [0.15, 0.2) is 18.2 Å². The number of nitrogens with zero attached hydrogens (tertiary/aromatic N) is 1. The summed E-state index contributed by atoms with van der Waals surface area (Å²) < 4.78 is 13.6. The van der Waals surface area contributed by atoms with Crippen LogP contribution in [0.2, 0.25) is 0 Å². The van der Waals surface area contributed by atoms with E-state index < -0.39 is 0 Å². The summed E-state index contributed by atoms with van der Waals surface area (Å²) in [6.07, 6.45) is 0. The highest BCUT2D eigenvalue weighted by Gasteiger charge is 2.21. The Hall–Kier alpha value is -1.26. The molecule has 0 aliphatic carbocycles. The van der Waals surface area contributed by atoms with Crippen molar-refractivity contribution in [3.05, 3.63) is 50.7 Å². The van der Waals surface area contributed by atoms with E-state index in [0.29, 0.717) is 6.04 Å². The SMILES string of the molecule is Cc1ccc(F)cc1C(NC(C)C)c1nc(C)c(C)s1. The van der Waals surface area contributed by atoms with E-state index in [-0.39, 0.29) is 11.9 Å². The molecule has 1 N–H and O–H groups in total. The summed E-state index contributed by atoms with van der Waals surface area (Å²) in [4.78, 5) is 5.86. The normalized spacial score (nSPS) is 12.9. The van der Waals surface area contributed by atoms with Gasteiger partial charge in [-0.3, -0.25) is 0 Å². The zero-order chi connectivity index (χ0) is 14.9. The third kappa shape index (κ3) is 3.25. The Bertz CT molecular complexity index is 585. The van der Waals surface area contributed by atoms with Crippen LogP contribution in [0.3, 0.4) is 0 Å². The lowest BCUT2D eigenvalue weighted by Gasteiger charge is -2.21. The number of rotatable bonds is 4. The summed E-state index contributed by atoms with van der Waals surface area (Å²) in [5, 5.41) is 4.50. The van der Waals surface area contributed by atoms with Gasteiger partial charge in [0.05, 0.1) is 11.7 Å². The number of aromatic nitrogens is 1. The first kappa shape index (κ1) is 15.1. The minimum absolute atomic E-state index is 0.0527. The lowest BCUT2D eigenvalue weighted by atomic mass is 10.0. The fourth-order valence-corrected chi connectivity index (χ4v) is 3.17. The quantitative estimate of drug-likeness (QED) is 0.909. The highest BCUT2D eigenvalue weighted by Crippen LogP contribution is 2.30. The molecule has 0 spiro atoms. The summed E-state index contributed by atoms with van der Waals surface area (Å²) in [6, 6.07) is 5.19. The Morgan fingerprint density at radius 1 is 1.20 bits per heavy atom. The average molecular weight is 292 g/mol. The summed E-state index contributed by atoms with van der Waals surface area (Å²) in [5.74, 6) is -0.203. The number of nitrogens with one attached hydrogen (secondary N) is 1. The minimum atomic E-state index is -0.203. The van der Waals surface area contributed by atoms with Crippen molar-refractivity contribution >= 4 is 11.3 Å². The van der Waals surface area contributed by atoms with E-state index in [1.54, 1.807) is 17.4 Å². The van der Waals surface area contributed by atoms with Gasteiger partial charge in [-0.05, 0) is 57.9 Å². The third-order valence-electron chi connectivity index (χ3n) is 3.34. The van der Waals surface area contributed by atoms with Gasteiger partial charge in [-0.1, -0.05) is 6.07 Å². The van der Waals surface area contributed by atoms with Crippen LogP contribution in [0.25, 0.3) is 0 Å². The van der Waals surface area contributed by atoms with Gasteiger partial charge in [0, 0.05) is 10.9 Å². The summed E-state index contributed by atoms with van der Waals surface area (Å²) in [6.45, 7) is 10.3. The maximum Gasteiger partial charge on any atom is 0.123 e. The maximum atomic E-state index is 13.6. The van der Waals surface area contributed by atoms with E-state index in [1.807, 2.05) is 19.9 Å². The van der Waals surface area contributed by atoms with Crippen molar-refractivity contribution in [1.29, 1.82) is 0 Å². The topological polar surface area (TPSA) is 24.9 Å². The zero-order valence-electron chi connectivity index (χ0n) is 12.6. The molecule has 1 aromatic carbocycles. The Kier molecular flexibility index (Phi) is 4.55. The number of thiazole rings is 1. The first-order chi connectivity index (χ1) is 9.38. The summed E-state index contributed by atoms with van der Waals surface area (Å²) in [7, 11) is 0. The van der Waals surface area contributed by atoms with Crippen molar-refractivity contribution in [2.45, 2.75) is 46.7 Å². The molecule has 0 fully saturated rings. The molecule has 0 saturated carbocycles. The standard InChI is InChI=1S/C16H21FN2S/c1-9(2)18-15(16-19-11(4)12(5)20-16)14-8-13(17)7-6-10(14)3/h6-9,15,18H,1-5H3. The van der Waals surface area contributed by atoms with Gasteiger partial charge in [-0.25, -0.2) is 9.37 Å². The highest BCUT2D eigenvalue weighted by molar-refractivity contribution is 7.11. The number of benzene rings is 1. The van der Waals surface area contributed by atoms with Gasteiger partial charge in [0.1, 0.15) is 10.8 Å². The van der Waals surface area contributed by atoms with Gasteiger partial charge in [-0.2, -0.15) is 0 Å². The second kappa shape index (κ2) is 6.02. The van der Waals surface area contributed by atoms with Gasteiger partial charge >= 0.3 is 0 Å². The molecule has 108 valence electrons. The molecule has 1 unspecified atom stereocenters. The minimum Gasteiger partial charge on any atom is -0.302 e. The summed E-state index contributed by atoms with van der Waals surface area (Å²) >= 11 is 1.68. The molecule has 0 aliphatic heterocycles. The van der Waals surface area contributed by atoms with E-state index in [9.17, 15) is 4.39 Å². The lowest BCUT2D eigenvalue weighted by Crippen LogP contribution is -2.29. The van der Waals surface area contributed by atoms with Crippen molar-refractivity contribution in [2.24, 2.45) is 0 Å². The van der Waals surface area contributed by atoms with Gasteiger partial charge in [0.25, 0.3) is 0 Å². The molecule has 1 aromatic heterocycles. The first-order valence-electron chi connectivity index (χ1n) is 6.84. The second-order valence-electron chi connectivity index (χ2n) is 5.45. The van der Waals surface area contributed by atoms with Crippen molar-refractivity contribution < 1.29 is 4.39 Å². The Morgan fingerprint density at radius 3 is 2.45 bits per heavy atom. The van der Waals surface area contributed by atoms with Crippen LogP contribution in [-0.4, -0.2) is 11.0 Å². The molecule has 2 nitrogen and oxygen atoms in total. The molecular formula is C16H21FN2S. The van der Waals surface area contributed by atoms with Gasteiger partial charge in [-0.15, -0.1) is 11.3 Å². The average Bonchev–Trinajstić information content (AvgIpc) is 2.69. The molecule has 0 saturated heterocycles. The summed E-state index contributed by atoms with van der Waals surface area (Å²) in [5.41, 5.74) is 3.09. The van der Waals surface area contributed by atoms with Crippen LogP contribution in [0, 0.1) is 26.6 Å². The van der Waals surface area contributed by atoms with E-state index in [4.69, 9.17) is 0 Å². The number of hydrogen-bond donors (Lipinski definition) is 1. The Balaban J connectivity index is 2.49. The molecule has 20 heavy (non-hydrogen) atoms. The van der Waals surface area contributed by atoms with Gasteiger partial charge in [0.2, 0.25) is 0 Å². The largest absolute Gasteiger partial charge is 0.302 e. The highest BCUT2D eigenvalue weighted by atomic mass is 32.1. The second-order valence-corrected chi connectivity index (χ2v) is 6.68. The molecule has 0 amide bonds. The van der Waals surface area contributed by atoms with Crippen molar-refractivity contribution in [3.63, 3.8) is 0 Å². The van der Waals surface area contributed by atoms with Crippen molar-refractivity contribution in [2.75, 3.05) is 0 Å². The number of hydrogen-bond acceptors (Lipinski definition) is 3. The zero-order valence-corrected chi connectivity index (χ0v) is 13.4. The van der Waals surface area contributed by atoms with E-state index in [0.717, 1.165) is 21.8 Å². The van der Waals surface area contributed by atoms with Crippen LogP contribution in [0.4, 0.5) is 4.39 Å². The van der Waals surface area contributed by atoms with Crippen LogP contribution >= 0.6 is 11.3 Å². The van der Waals surface area contributed by atoms with Crippen molar-refractivity contribution in [3.8, 4) is 0 Å². The molecule has 2 rings (SSSR count). The molecular weight excluding hydrogens is 271 g/mol. The number of aryl methyl sites for hydroxylation is 3. The van der Waals surface area contributed by atoms with Crippen molar-refractivity contribution in [1.82, 2.24) is 10.3 Å². The Labute approximate surface area is 124 Å². The predicted octanol–water partition coefficient (Wildman–Crippen LogP) is 4.29. The molecule has 1 atom stereocenters. The predicted molar refractivity (Wildman–Crippen MR) is 82.8 cm³/mol. The molecule has 2 aromatic rings. The van der Waals surface area contributed by atoms with E-state index in [2.05, 4.69) is 31.1 Å². The van der Waals surface area contributed by atoms with E-state index >= 15 is 0 Å². The smallest absolute Gasteiger partial charge is 0.123 e.